The Labute approximate surface area is 116 Å². The predicted octanol–water partition coefficient (Wildman–Crippen LogP) is 1.50. The Bertz CT molecular complexity index is 313. The van der Waals surface area contributed by atoms with Crippen LogP contribution < -0.4 is 5.32 Å². The number of piperidine rings is 1. The number of likely N-dealkylation sites (tertiary alicyclic amines) is 1. The van der Waals surface area contributed by atoms with Gasteiger partial charge in [-0.2, -0.15) is 0 Å². The molecule has 0 aromatic carbocycles. The number of hydrogen-bond acceptors (Lipinski definition) is 3. The Kier molecular flexibility index (Phi) is 4.85. The molecule has 0 saturated carbocycles. The van der Waals surface area contributed by atoms with Crippen LogP contribution in [0.1, 0.15) is 33.6 Å². The molecule has 2 aliphatic rings. The van der Waals surface area contributed by atoms with E-state index in [0.29, 0.717) is 11.8 Å². The van der Waals surface area contributed by atoms with E-state index in [2.05, 4.69) is 24.1 Å². The molecule has 1 amide bonds. The lowest BCUT2D eigenvalue weighted by Crippen LogP contribution is -2.45. The topological polar surface area (TPSA) is 41.6 Å². The van der Waals surface area contributed by atoms with Gasteiger partial charge in [-0.3, -0.25) is 4.79 Å². The van der Waals surface area contributed by atoms with Crippen molar-refractivity contribution in [3.63, 3.8) is 0 Å². The Hall–Kier alpha value is -0.610. The fourth-order valence-electron chi connectivity index (χ4n) is 3.55. The summed E-state index contributed by atoms with van der Waals surface area (Å²) < 4.78 is 5.80. The van der Waals surface area contributed by atoms with Gasteiger partial charge >= 0.3 is 0 Å². The Morgan fingerprint density at radius 1 is 1.21 bits per heavy atom. The molecule has 0 aromatic heterocycles. The standard InChI is InChI=1S/C15H28N2O2/c1-10-11(2)19-12(3)14(10)15(18)17-7-5-13(6-8-17)9-16-4/h10-14,16H,5-9H2,1-4H3. The van der Waals surface area contributed by atoms with Crippen molar-refractivity contribution < 1.29 is 9.53 Å². The van der Waals surface area contributed by atoms with Crippen LogP contribution in [0.4, 0.5) is 0 Å². The molecule has 4 unspecified atom stereocenters. The monoisotopic (exact) mass is 268 g/mol. The van der Waals surface area contributed by atoms with Gasteiger partial charge in [0.25, 0.3) is 0 Å². The highest BCUT2D eigenvalue weighted by molar-refractivity contribution is 5.80. The Balaban J connectivity index is 1.91. The van der Waals surface area contributed by atoms with Crippen LogP contribution in [0.5, 0.6) is 0 Å². The van der Waals surface area contributed by atoms with E-state index in [9.17, 15) is 4.79 Å². The van der Waals surface area contributed by atoms with E-state index < -0.39 is 0 Å². The highest BCUT2D eigenvalue weighted by Crippen LogP contribution is 2.34. The van der Waals surface area contributed by atoms with Crippen molar-refractivity contribution in [2.24, 2.45) is 17.8 Å². The second-order valence-corrected chi connectivity index (χ2v) is 6.26. The quantitative estimate of drug-likeness (QED) is 0.843. The first-order valence-electron chi connectivity index (χ1n) is 7.63. The predicted molar refractivity (Wildman–Crippen MR) is 75.9 cm³/mol. The van der Waals surface area contributed by atoms with Crippen molar-refractivity contribution >= 4 is 5.91 Å². The summed E-state index contributed by atoms with van der Waals surface area (Å²) in [5.74, 6) is 1.42. The summed E-state index contributed by atoms with van der Waals surface area (Å²) in [6.07, 6.45) is 2.51. The molecule has 0 aliphatic carbocycles. The van der Waals surface area contributed by atoms with Gasteiger partial charge in [0.1, 0.15) is 0 Å². The lowest BCUT2D eigenvalue weighted by Gasteiger charge is -2.34. The second-order valence-electron chi connectivity index (χ2n) is 6.26. The Morgan fingerprint density at radius 3 is 2.32 bits per heavy atom. The van der Waals surface area contributed by atoms with Crippen LogP contribution in [0, 0.1) is 17.8 Å². The molecule has 0 spiro atoms. The second kappa shape index (κ2) is 6.23. The maximum Gasteiger partial charge on any atom is 0.228 e. The fraction of sp³-hybridized carbons (Fsp3) is 0.933. The normalized spacial score (nSPS) is 36.7. The molecule has 0 bridgehead atoms. The molecule has 19 heavy (non-hydrogen) atoms. The summed E-state index contributed by atoms with van der Waals surface area (Å²) in [5.41, 5.74) is 0. The third kappa shape index (κ3) is 3.11. The van der Waals surface area contributed by atoms with Crippen molar-refractivity contribution in [2.45, 2.75) is 45.8 Å². The van der Waals surface area contributed by atoms with Gasteiger partial charge in [0.05, 0.1) is 18.1 Å². The van der Waals surface area contributed by atoms with E-state index in [1.807, 2.05) is 14.0 Å². The lowest BCUT2D eigenvalue weighted by molar-refractivity contribution is -0.139. The number of nitrogens with one attached hydrogen (secondary N) is 1. The minimum Gasteiger partial charge on any atom is -0.374 e. The number of nitrogens with zero attached hydrogens (tertiary/aromatic N) is 1. The number of amides is 1. The molecule has 1 N–H and O–H groups in total. The van der Waals surface area contributed by atoms with Gasteiger partial charge < -0.3 is 15.0 Å². The molecular weight excluding hydrogens is 240 g/mol. The summed E-state index contributed by atoms with van der Waals surface area (Å²) in [4.78, 5) is 14.7. The maximum atomic E-state index is 12.7. The molecule has 4 atom stereocenters. The van der Waals surface area contributed by atoms with Crippen LogP contribution in [-0.4, -0.2) is 49.7 Å². The van der Waals surface area contributed by atoms with Crippen molar-refractivity contribution in [3.8, 4) is 0 Å². The largest absolute Gasteiger partial charge is 0.374 e. The van der Waals surface area contributed by atoms with Gasteiger partial charge in [-0.05, 0) is 52.1 Å². The minimum atomic E-state index is 0.0517. The first-order valence-corrected chi connectivity index (χ1v) is 7.63. The third-order valence-electron chi connectivity index (χ3n) is 4.95. The summed E-state index contributed by atoms with van der Waals surface area (Å²) in [6, 6.07) is 0. The zero-order valence-electron chi connectivity index (χ0n) is 12.7. The highest BCUT2D eigenvalue weighted by Gasteiger charge is 2.43. The number of hydrogen-bond donors (Lipinski definition) is 1. The van der Waals surface area contributed by atoms with Crippen LogP contribution in [-0.2, 0) is 9.53 Å². The molecule has 4 heteroatoms. The van der Waals surface area contributed by atoms with Gasteiger partial charge in [-0.1, -0.05) is 6.92 Å². The first-order chi connectivity index (χ1) is 9.04. The molecule has 2 saturated heterocycles. The average molecular weight is 268 g/mol. The summed E-state index contributed by atoms with van der Waals surface area (Å²) in [7, 11) is 2.00. The van der Waals surface area contributed by atoms with Gasteiger partial charge in [-0.25, -0.2) is 0 Å². The van der Waals surface area contributed by atoms with Crippen LogP contribution in [0.2, 0.25) is 0 Å². The van der Waals surface area contributed by atoms with E-state index in [1.165, 1.54) is 0 Å². The molecule has 2 rings (SSSR count). The molecule has 0 aromatic rings. The smallest absolute Gasteiger partial charge is 0.228 e. The molecule has 110 valence electrons. The van der Waals surface area contributed by atoms with Crippen molar-refractivity contribution in [3.05, 3.63) is 0 Å². The van der Waals surface area contributed by atoms with Gasteiger partial charge in [0.15, 0.2) is 0 Å². The van der Waals surface area contributed by atoms with Gasteiger partial charge in [0, 0.05) is 13.1 Å². The van der Waals surface area contributed by atoms with E-state index >= 15 is 0 Å². The SMILES string of the molecule is CNCC1CCN(C(=O)C2C(C)OC(C)C2C)CC1. The van der Waals surface area contributed by atoms with E-state index in [4.69, 9.17) is 4.74 Å². The minimum absolute atomic E-state index is 0.0517. The molecule has 4 nitrogen and oxygen atoms in total. The average Bonchev–Trinajstić information content (AvgIpc) is 2.64. The third-order valence-corrected chi connectivity index (χ3v) is 4.95. The Morgan fingerprint density at radius 2 is 1.84 bits per heavy atom. The van der Waals surface area contributed by atoms with E-state index in [-0.39, 0.29) is 18.1 Å². The molecule has 2 heterocycles. The number of carbonyl (C=O) groups excluding carboxylic acids is 1. The zero-order valence-corrected chi connectivity index (χ0v) is 12.7. The summed E-state index contributed by atoms with van der Waals surface area (Å²) in [6.45, 7) is 9.15. The van der Waals surface area contributed by atoms with Crippen LogP contribution in [0.25, 0.3) is 0 Å². The summed E-state index contributed by atoms with van der Waals surface area (Å²) in [5, 5.41) is 3.23. The van der Waals surface area contributed by atoms with Gasteiger partial charge in [0.2, 0.25) is 5.91 Å². The maximum absolute atomic E-state index is 12.7. The number of ether oxygens (including phenoxy) is 1. The highest BCUT2D eigenvalue weighted by atomic mass is 16.5. The van der Waals surface area contributed by atoms with Crippen LogP contribution in [0.15, 0.2) is 0 Å². The lowest BCUT2D eigenvalue weighted by atomic mass is 9.87. The molecule has 2 aliphatic heterocycles. The fourth-order valence-corrected chi connectivity index (χ4v) is 3.55. The van der Waals surface area contributed by atoms with E-state index in [1.54, 1.807) is 0 Å². The van der Waals surface area contributed by atoms with Gasteiger partial charge in [-0.15, -0.1) is 0 Å². The number of rotatable bonds is 3. The van der Waals surface area contributed by atoms with Crippen molar-refractivity contribution in [1.82, 2.24) is 10.2 Å². The van der Waals surface area contributed by atoms with E-state index in [0.717, 1.165) is 38.4 Å². The zero-order chi connectivity index (χ0) is 14.0. The van der Waals surface area contributed by atoms with Crippen molar-refractivity contribution in [1.29, 1.82) is 0 Å². The molecule has 0 radical (unpaired) electrons. The molecular formula is C15H28N2O2. The van der Waals surface area contributed by atoms with Crippen LogP contribution in [0.3, 0.4) is 0 Å². The summed E-state index contributed by atoms with van der Waals surface area (Å²) >= 11 is 0. The van der Waals surface area contributed by atoms with Crippen LogP contribution >= 0.6 is 0 Å². The van der Waals surface area contributed by atoms with Crippen molar-refractivity contribution in [2.75, 3.05) is 26.7 Å². The number of carbonyl (C=O) groups is 1. The first kappa shape index (κ1) is 14.8. The molecule has 2 fully saturated rings.